The Kier molecular flexibility index (Phi) is 9.45. The van der Waals surface area contributed by atoms with Crippen LogP contribution in [0.1, 0.15) is 104 Å². The first-order valence-electron chi connectivity index (χ1n) is 19.1. The Hall–Kier alpha value is -4.68. The molecule has 8 rings (SSSR count). The number of aliphatic hydroxyl groups excluding tert-OH is 1. The lowest BCUT2D eigenvalue weighted by atomic mass is 9.46. The number of hydrogen-bond donors (Lipinski definition) is 5. The monoisotopic (exact) mass is 739 g/mol. The molecule has 5 N–H and O–H groups in total. The summed E-state index contributed by atoms with van der Waals surface area (Å²) >= 11 is 0. The highest BCUT2D eigenvalue weighted by Gasteiger charge is 2.77. The predicted octanol–water partition coefficient (Wildman–Crippen LogP) is 5.96. The Morgan fingerprint density at radius 2 is 1.87 bits per heavy atom. The lowest BCUT2D eigenvalue weighted by Gasteiger charge is -2.65. The van der Waals surface area contributed by atoms with E-state index < -0.39 is 40.5 Å². The number of anilines is 1. The van der Waals surface area contributed by atoms with Crippen LogP contribution in [0.2, 0.25) is 0 Å². The molecule has 3 saturated carbocycles. The van der Waals surface area contributed by atoms with E-state index in [-0.39, 0.29) is 37.2 Å². The van der Waals surface area contributed by atoms with Crippen molar-refractivity contribution in [2.45, 2.75) is 110 Å². The van der Waals surface area contributed by atoms with Crippen LogP contribution in [0, 0.1) is 17.8 Å². The van der Waals surface area contributed by atoms with Crippen LogP contribution in [0.4, 0.5) is 5.95 Å². The van der Waals surface area contributed by atoms with E-state index in [4.69, 9.17) is 9.47 Å². The molecule has 54 heavy (non-hydrogen) atoms. The molecule has 288 valence electrons. The first-order chi connectivity index (χ1) is 25.6. The number of ketones is 1. The van der Waals surface area contributed by atoms with Crippen molar-refractivity contribution in [1.82, 2.24) is 20.1 Å². The molecule has 1 aromatic carbocycles. The van der Waals surface area contributed by atoms with Gasteiger partial charge in [-0.25, -0.2) is 4.68 Å². The average molecular weight is 740 g/mol. The topological polar surface area (TPSA) is 168 Å². The molecule has 12 nitrogen and oxygen atoms in total. The number of aliphatic hydroxyl groups is 2. The van der Waals surface area contributed by atoms with E-state index in [0.29, 0.717) is 70.2 Å². The maximum Gasteiger partial charge on any atom is 0.246 e. The Morgan fingerprint density at radius 3 is 2.56 bits per heavy atom. The molecular weight excluding hydrogens is 686 g/mol. The van der Waals surface area contributed by atoms with Crippen molar-refractivity contribution in [3.63, 3.8) is 0 Å². The summed E-state index contributed by atoms with van der Waals surface area (Å²) in [5.74, 6) is -0.667. The molecule has 0 radical (unpaired) electrons. The van der Waals surface area contributed by atoms with Gasteiger partial charge in [-0.1, -0.05) is 43.2 Å². The molecule has 2 aromatic rings. The number of phenolic OH excluding ortho intramolecular Hbond substituents is 1. The fourth-order valence-electron chi connectivity index (χ4n) is 9.26. The number of benzene rings is 1. The van der Waals surface area contributed by atoms with Gasteiger partial charge in [-0.3, -0.25) is 9.59 Å². The molecule has 2 bridgehead atoms. The Morgan fingerprint density at radius 1 is 1.13 bits per heavy atom. The maximum atomic E-state index is 15.0. The van der Waals surface area contributed by atoms with Gasteiger partial charge in [0.25, 0.3) is 0 Å². The van der Waals surface area contributed by atoms with Crippen LogP contribution >= 0.6 is 0 Å². The van der Waals surface area contributed by atoms with Gasteiger partial charge in [0, 0.05) is 41.5 Å². The molecule has 12 heteroatoms. The largest absolute Gasteiger partial charge is 0.506 e. The second-order valence-electron chi connectivity index (χ2n) is 16.5. The molecule has 6 unspecified atom stereocenters. The summed E-state index contributed by atoms with van der Waals surface area (Å²) in [6.45, 7) is 15.8. The molecule has 3 aliphatic heterocycles. The van der Waals surface area contributed by atoms with E-state index in [1.54, 1.807) is 17.7 Å². The fraction of sp³-hybridized carbons (Fsp3) is 0.524. The van der Waals surface area contributed by atoms with Gasteiger partial charge < -0.3 is 35.4 Å². The summed E-state index contributed by atoms with van der Waals surface area (Å²) in [6, 6.07) is -0.630. The number of fused-ring (bicyclic) bond motifs is 6. The summed E-state index contributed by atoms with van der Waals surface area (Å²) in [4.78, 5) is 32.4. The Balaban J connectivity index is 1.50. The van der Waals surface area contributed by atoms with E-state index in [1.165, 1.54) is 11.9 Å². The third-order valence-electron chi connectivity index (χ3n) is 11.9. The third-order valence-corrected chi connectivity index (χ3v) is 11.9. The van der Waals surface area contributed by atoms with Gasteiger partial charge in [-0.2, -0.15) is 10.1 Å². The average Bonchev–Trinajstić information content (AvgIpc) is 3.59. The van der Waals surface area contributed by atoms with Crippen molar-refractivity contribution in [2.24, 2.45) is 17.8 Å². The number of nitrogens with zero attached hydrogens (tertiary/aromatic N) is 3. The number of carbonyl (C=O) groups is 2. The first-order valence-corrected chi connectivity index (χ1v) is 19.1. The van der Waals surface area contributed by atoms with Crippen LogP contribution in [-0.2, 0) is 16.0 Å². The number of ether oxygens (including phenoxy) is 2. The summed E-state index contributed by atoms with van der Waals surface area (Å²) in [6.07, 6.45) is 13.4. The zero-order valence-electron chi connectivity index (χ0n) is 32.5. The number of carbonyl (C=O) groups excluding carboxylic acids is 2. The fourth-order valence-corrected chi connectivity index (χ4v) is 9.26. The van der Waals surface area contributed by atoms with Crippen LogP contribution in [0.3, 0.4) is 0 Å². The summed E-state index contributed by atoms with van der Waals surface area (Å²) in [7, 11) is 0. The van der Waals surface area contributed by atoms with E-state index in [2.05, 4.69) is 60.6 Å². The third kappa shape index (κ3) is 5.63. The molecule has 3 fully saturated rings. The number of hydrogen-bond acceptors (Lipinski definition) is 10. The van der Waals surface area contributed by atoms with Gasteiger partial charge in [-0.05, 0) is 85.3 Å². The number of rotatable bonds is 11. The standard InChI is InChI=1S/C42H53N5O7/c1-22(2)10-9-15-40(8)16-14-26-34(49)30-32-31-33(47-39(46-32)44-21-45-47)28-20-29(24(5)6)42(31,54-36(30)27(35(26)53-40)12-11-23(3)4)41(52,37(28)50)17-13-25(7)38(51)43-18-19-48/h10-11,13-14,16,21,24,28-29,33,48-49,52H,9,12,15,17-20H2,1-8H3,(H,43,51)(H,44,45,46)/b25-13-. The highest BCUT2D eigenvalue weighted by Crippen LogP contribution is 2.69. The number of amides is 1. The van der Waals surface area contributed by atoms with Crippen molar-refractivity contribution < 1.29 is 34.4 Å². The van der Waals surface area contributed by atoms with Crippen LogP contribution in [-0.4, -0.2) is 71.7 Å². The van der Waals surface area contributed by atoms with Gasteiger partial charge in [0.05, 0.1) is 29.5 Å². The molecule has 1 spiro atoms. The van der Waals surface area contributed by atoms with Gasteiger partial charge in [-0.15, -0.1) is 0 Å². The summed E-state index contributed by atoms with van der Waals surface area (Å²) < 4.78 is 16.1. The number of Topliss-reactive ketones (excluding diaryl/α,β-unsaturated/α-hetero) is 1. The lowest BCUT2D eigenvalue weighted by Crippen LogP contribution is -2.78. The smallest absolute Gasteiger partial charge is 0.246 e. The summed E-state index contributed by atoms with van der Waals surface area (Å²) in [5, 5.41) is 45.6. The molecule has 3 aliphatic carbocycles. The van der Waals surface area contributed by atoms with Gasteiger partial charge in [0.2, 0.25) is 11.9 Å². The van der Waals surface area contributed by atoms with E-state index in [1.807, 2.05) is 32.9 Å². The second-order valence-corrected chi connectivity index (χ2v) is 16.5. The van der Waals surface area contributed by atoms with Gasteiger partial charge >= 0.3 is 0 Å². The zero-order valence-corrected chi connectivity index (χ0v) is 32.5. The minimum absolute atomic E-state index is 0.0335. The molecule has 1 amide bonds. The van der Waals surface area contributed by atoms with Gasteiger partial charge in [0.15, 0.2) is 17.0 Å². The predicted molar refractivity (Wildman–Crippen MR) is 206 cm³/mol. The number of phenols is 1. The van der Waals surface area contributed by atoms with Gasteiger partial charge in [0.1, 0.15) is 29.2 Å². The molecular formula is C42H53N5O7. The van der Waals surface area contributed by atoms with E-state index >= 15 is 0 Å². The van der Waals surface area contributed by atoms with Crippen molar-refractivity contribution in [3.05, 3.63) is 69.6 Å². The van der Waals surface area contributed by atoms with Crippen molar-refractivity contribution >= 4 is 29.4 Å². The van der Waals surface area contributed by atoms with Crippen LogP contribution in [0.15, 0.2) is 52.9 Å². The summed E-state index contributed by atoms with van der Waals surface area (Å²) in [5.41, 5.74) is 0.995. The SMILES string of the molecule is CC(C)=CCCC1(C)C=Cc2c(O)c3c(c(CC=C(C)C)c2O1)OC12C4=C3Nc3ncnn3C4C(CC1C(C)C)C(=O)C2(O)C/C=C(/C)C(=O)NCCO. The minimum atomic E-state index is -2.11. The van der Waals surface area contributed by atoms with Crippen LogP contribution < -0.4 is 20.1 Å². The van der Waals surface area contributed by atoms with Crippen molar-refractivity contribution in [2.75, 3.05) is 18.5 Å². The van der Waals surface area contributed by atoms with E-state index in [0.717, 1.165) is 12.0 Å². The van der Waals surface area contributed by atoms with E-state index in [9.17, 15) is 24.9 Å². The number of allylic oxidation sites excluding steroid dienone is 4. The first kappa shape index (κ1) is 37.6. The number of nitrogens with one attached hydrogen (secondary N) is 2. The normalized spacial score (nSPS) is 28.6. The maximum absolute atomic E-state index is 15.0. The van der Waals surface area contributed by atoms with Crippen molar-refractivity contribution in [3.8, 4) is 17.2 Å². The molecule has 4 heterocycles. The van der Waals surface area contributed by atoms with Crippen molar-refractivity contribution in [1.29, 1.82) is 0 Å². The van der Waals surface area contributed by atoms with Crippen LogP contribution in [0.25, 0.3) is 11.8 Å². The highest BCUT2D eigenvalue weighted by molar-refractivity contribution is 6.02. The zero-order chi connectivity index (χ0) is 38.9. The second kappa shape index (κ2) is 13.6. The highest BCUT2D eigenvalue weighted by atomic mass is 16.5. The number of aromatic hydroxyl groups is 1. The molecule has 0 saturated heterocycles. The molecule has 1 aromatic heterocycles. The minimum Gasteiger partial charge on any atom is -0.506 e. The lowest BCUT2D eigenvalue weighted by molar-refractivity contribution is -0.210. The quantitative estimate of drug-likeness (QED) is 0.137. The van der Waals surface area contributed by atoms with Crippen LogP contribution in [0.5, 0.6) is 17.2 Å². The number of aromatic nitrogens is 3. The molecule has 6 atom stereocenters. The molecule has 6 aliphatic rings. The Labute approximate surface area is 316 Å². The Bertz CT molecular complexity index is 2070.